The Balaban J connectivity index is 1.25. The van der Waals surface area contributed by atoms with E-state index in [0.29, 0.717) is 30.3 Å². The zero-order valence-corrected chi connectivity index (χ0v) is 19.1. The standard InChI is InChI=1S/C25H30ClN3O3/c26-21-7-4-6-20(18-21)25(31)28-15-16-29(24(30)19-28)22-8-10-23(11-9-22)32-17-5-14-27-12-2-1-3-13-27/h4,6-11,18H,1-3,5,12-17,19H2. The third-order valence-electron chi connectivity index (χ3n) is 6.06. The predicted octanol–water partition coefficient (Wildman–Crippen LogP) is 4.08. The summed E-state index contributed by atoms with van der Waals surface area (Å²) in [6.07, 6.45) is 4.99. The lowest BCUT2D eigenvalue weighted by atomic mass is 10.1. The lowest BCUT2D eigenvalue weighted by molar-refractivity contribution is -0.120. The Morgan fingerprint density at radius 3 is 2.47 bits per heavy atom. The van der Waals surface area contributed by atoms with Gasteiger partial charge in [-0.15, -0.1) is 0 Å². The van der Waals surface area contributed by atoms with Crippen molar-refractivity contribution in [1.29, 1.82) is 0 Å². The minimum absolute atomic E-state index is 0.0557. The molecule has 2 heterocycles. The smallest absolute Gasteiger partial charge is 0.254 e. The lowest BCUT2D eigenvalue weighted by Crippen LogP contribution is -2.52. The van der Waals surface area contributed by atoms with Crippen molar-refractivity contribution < 1.29 is 14.3 Å². The second-order valence-electron chi connectivity index (χ2n) is 8.38. The molecular formula is C25H30ClN3O3. The molecule has 2 aliphatic heterocycles. The summed E-state index contributed by atoms with van der Waals surface area (Å²) in [6, 6.07) is 14.5. The molecule has 6 nitrogen and oxygen atoms in total. The van der Waals surface area contributed by atoms with Gasteiger partial charge in [0.25, 0.3) is 5.91 Å². The van der Waals surface area contributed by atoms with Crippen LogP contribution in [0, 0.1) is 0 Å². The molecule has 0 spiro atoms. The van der Waals surface area contributed by atoms with Gasteiger partial charge in [0, 0.05) is 35.9 Å². The first-order valence-corrected chi connectivity index (χ1v) is 11.8. The number of amides is 2. The van der Waals surface area contributed by atoms with Crippen LogP contribution in [0.1, 0.15) is 36.0 Å². The second kappa shape index (κ2) is 10.8. The maximum atomic E-state index is 12.7. The number of anilines is 1. The van der Waals surface area contributed by atoms with E-state index < -0.39 is 0 Å². The molecule has 0 unspecified atom stereocenters. The maximum Gasteiger partial charge on any atom is 0.254 e. The van der Waals surface area contributed by atoms with Gasteiger partial charge in [-0.05, 0) is 74.8 Å². The number of likely N-dealkylation sites (tertiary alicyclic amines) is 1. The number of hydrogen-bond donors (Lipinski definition) is 0. The highest BCUT2D eigenvalue weighted by Crippen LogP contribution is 2.22. The fraction of sp³-hybridized carbons (Fsp3) is 0.440. The average Bonchev–Trinajstić information content (AvgIpc) is 2.82. The molecule has 0 bridgehead atoms. The number of carbonyl (C=O) groups is 2. The van der Waals surface area contributed by atoms with Crippen LogP contribution in [0.15, 0.2) is 48.5 Å². The quantitative estimate of drug-likeness (QED) is 0.590. The monoisotopic (exact) mass is 455 g/mol. The largest absolute Gasteiger partial charge is 0.494 e. The molecule has 2 amide bonds. The second-order valence-corrected chi connectivity index (χ2v) is 8.82. The molecule has 7 heteroatoms. The Labute approximate surface area is 194 Å². The highest BCUT2D eigenvalue weighted by Gasteiger charge is 2.28. The molecule has 0 saturated carbocycles. The minimum Gasteiger partial charge on any atom is -0.494 e. The van der Waals surface area contributed by atoms with E-state index in [1.165, 1.54) is 32.4 Å². The Bertz CT molecular complexity index is 928. The summed E-state index contributed by atoms with van der Waals surface area (Å²) in [5.74, 6) is 0.547. The number of carbonyl (C=O) groups excluding carboxylic acids is 2. The van der Waals surface area contributed by atoms with Crippen LogP contribution in [-0.2, 0) is 4.79 Å². The number of benzene rings is 2. The van der Waals surface area contributed by atoms with Crippen molar-refractivity contribution in [2.75, 3.05) is 50.8 Å². The normalized spacial score (nSPS) is 17.5. The number of piperazine rings is 1. The highest BCUT2D eigenvalue weighted by atomic mass is 35.5. The summed E-state index contributed by atoms with van der Waals surface area (Å²) in [4.78, 5) is 31.2. The topological polar surface area (TPSA) is 53.1 Å². The summed E-state index contributed by atoms with van der Waals surface area (Å²) in [5, 5.41) is 0.509. The SMILES string of the molecule is O=C(c1cccc(Cl)c1)N1CCN(c2ccc(OCCCN3CCCCC3)cc2)C(=O)C1. The van der Waals surface area contributed by atoms with Crippen LogP contribution >= 0.6 is 11.6 Å². The highest BCUT2D eigenvalue weighted by molar-refractivity contribution is 6.31. The van der Waals surface area contributed by atoms with Crippen LogP contribution in [0.3, 0.4) is 0 Å². The first-order valence-electron chi connectivity index (χ1n) is 11.4. The van der Waals surface area contributed by atoms with Crippen LogP contribution < -0.4 is 9.64 Å². The van der Waals surface area contributed by atoms with Gasteiger partial charge in [0.15, 0.2) is 0 Å². The summed E-state index contributed by atoms with van der Waals surface area (Å²) in [7, 11) is 0. The van der Waals surface area contributed by atoms with E-state index in [2.05, 4.69) is 4.90 Å². The molecule has 2 fully saturated rings. The van der Waals surface area contributed by atoms with Gasteiger partial charge in [-0.1, -0.05) is 24.1 Å². The molecule has 0 aromatic heterocycles. The molecule has 2 aromatic rings. The fourth-order valence-electron chi connectivity index (χ4n) is 4.31. The molecule has 0 N–H and O–H groups in total. The molecule has 0 atom stereocenters. The Morgan fingerprint density at radius 1 is 0.969 bits per heavy atom. The van der Waals surface area contributed by atoms with E-state index in [0.717, 1.165) is 24.4 Å². The van der Waals surface area contributed by atoms with E-state index in [4.69, 9.17) is 16.3 Å². The molecular weight excluding hydrogens is 426 g/mol. The molecule has 170 valence electrons. The van der Waals surface area contributed by atoms with Gasteiger partial charge in [0.05, 0.1) is 6.61 Å². The van der Waals surface area contributed by atoms with E-state index in [-0.39, 0.29) is 18.4 Å². The van der Waals surface area contributed by atoms with Crippen molar-refractivity contribution in [3.8, 4) is 5.75 Å². The number of nitrogens with zero attached hydrogens (tertiary/aromatic N) is 3. The number of ether oxygens (including phenoxy) is 1. The first-order chi connectivity index (χ1) is 15.6. The van der Waals surface area contributed by atoms with E-state index in [1.54, 1.807) is 34.1 Å². The van der Waals surface area contributed by atoms with Crippen molar-refractivity contribution in [3.63, 3.8) is 0 Å². The lowest BCUT2D eigenvalue weighted by Gasteiger charge is -2.34. The van der Waals surface area contributed by atoms with Crippen LogP contribution in [0.4, 0.5) is 5.69 Å². The van der Waals surface area contributed by atoms with Gasteiger partial charge < -0.3 is 19.4 Å². The summed E-state index contributed by atoms with van der Waals surface area (Å²) in [6.45, 7) is 5.19. The third-order valence-corrected chi connectivity index (χ3v) is 6.30. The molecule has 0 aliphatic carbocycles. The van der Waals surface area contributed by atoms with Crippen molar-refractivity contribution in [2.45, 2.75) is 25.7 Å². The van der Waals surface area contributed by atoms with Crippen molar-refractivity contribution >= 4 is 29.1 Å². The summed E-state index contributed by atoms with van der Waals surface area (Å²) >= 11 is 5.99. The maximum absolute atomic E-state index is 12.7. The number of rotatable bonds is 7. The molecule has 2 aliphatic rings. The predicted molar refractivity (Wildman–Crippen MR) is 127 cm³/mol. The fourth-order valence-corrected chi connectivity index (χ4v) is 4.50. The van der Waals surface area contributed by atoms with Gasteiger partial charge in [0.2, 0.25) is 5.91 Å². The van der Waals surface area contributed by atoms with Gasteiger partial charge in [-0.2, -0.15) is 0 Å². The average molecular weight is 456 g/mol. The Hall–Kier alpha value is -2.57. The summed E-state index contributed by atoms with van der Waals surface area (Å²) in [5.41, 5.74) is 1.33. The van der Waals surface area contributed by atoms with Crippen LogP contribution in [-0.4, -0.2) is 67.5 Å². The zero-order valence-electron chi connectivity index (χ0n) is 18.3. The van der Waals surface area contributed by atoms with Crippen LogP contribution in [0.25, 0.3) is 0 Å². The van der Waals surface area contributed by atoms with E-state index in [9.17, 15) is 9.59 Å². The van der Waals surface area contributed by atoms with Gasteiger partial charge in [-0.3, -0.25) is 9.59 Å². The van der Waals surface area contributed by atoms with Crippen LogP contribution in [0.5, 0.6) is 5.75 Å². The third kappa shape index (κ3) is 5.81. The number of piperidine rings is 1. The van der Waals surface area contributed by atoms with Crippen LogP contribution in [0.2, 0.25) is 5.02 Å². The molecule has 4 rings (SSSR count). The minimum atomic E-state index is -0.172. The Morgan fingerprint density at radius 2 is 1.75 bits per heavy atom. The van der Waals surface area contributed by atoms with Gasteiger partial charge in [-0.25, -0.2) is 0 Å². The van der Waals surface area contributed by atoms with Crippen molar-refractivity contribution in [2.24, 2.45) is 0 Å². The van der Waals surface area contributed by atoms with Gasteiger partial charge in [0.1, 0.15) is 12.3 Å². The summed E-state index contributed by atoms with van der Waals surface area (Å²) < 4.78 is 5.88. The van der Waals surface area contributed by atoms with Gasteiger partial charge >= 0.3 is 0 Å². The molecule has 2 saturated heterocycles. The molecule has 32 heavy (non-hydrogen) atoms. The van der Waals surface area contributed by atoms with E-state index in [1.807, 2.05) is 24.3 Å². The first kappa shape index (κ1) is 22.6. The molecule has 2 aromatic carbocycles. The van der Waals surface area contributed by atoms with Crippen molar-refractivity contribution in [1.82, 2.24) is 9.80 Å². The van der Waals surface area contributed by atoms with Crippen molar-refractivity contribution in [3.05, 3.63) is 59.1 Å². The zero-order chi connectivity index (χ0) is 22.3. The Kier molecular flexibility index (Phi) is 7.66. The van der Waals surface area contributed by atoms with E-state index >= 15 is 0 Å². The number of halogens is 1. The molecule has 0 radical (unpaired) electrons. The number of hydrogen-bond acceptors (Lipinski definition) is 4.